The highest BCUT2D eigenvalue weighted by Crippen LogP contribution is 2.42. The topological polar surface area (TPSA) is 67.8 Å². The molecule has 1 aliphatic heterocycles. The predicted molar refractivity (Wildman–Crippen MR) is 118 cm³/mol. The second-order valence-corrected chi connectivity index (χ2v) is 8.47. The van der Waals surface area contributed by atoms with E-state index in [2.05, 4.69) is 23.5 Å². The van der Waals surface area contributed by atoms with Gasteiger partial charge in [-0.1, -0.05) is 49.6 Å². The Bertz CT molecular complexity index is 669. The molecule has 0 saturated heterocycles. The third kappa shape index (κ3) is 6.32. The van der Waals surface area contributed by atoms with Gasteiger partial charge in [0.05, 0.1) is 0 Å². The molecule has 3 atom stereocenters. The molecule has 1 saturated carbocycles. The van der Waals surface area contributed by atoms with E-state index in [9.17, 15) is 9.90 Å². The third-order valence-electron chi connectivity index (χ3n) is 6.42. The lowest BCUT2D eigenvalue weighted by Gasteiger charge is -2.41. The SMILES string of the molecule is CCO[C@H]1OC(C(=O)NCCc2ccccc2)=C[C@@H](C2CCCCC2)[C@@H]1CCCO. The van der Waals surface area contributed by atoms with E-state index < -0.39 is 6.29 Å². The number of nitrogens with one attached hydrogen (secondary N) is 1. The van der Waals surface area contributed by atoms with Crippen LogP contribution in [0.5, 0.6) is 0 Å². The highest BCUT2D eigenvalue weighted by molar-refractivity contribution is 5.91. The van der Waals surface area contributed by atoms with Crippen molar-refractivity contribution in [1.29, 1.82) is 0 Å². The molecule has 1 aliphatic carbocycles. The minimum Gasteiger partial charge on any atom is -0.459 e. The van der Waals surface area contributed by atoms with E-state index in [4.69, 9.17) is 9.47 Å². The number of rotatable bonds is 10. The van der Waals surface area contributed by atoms with Crippen molar-refractivity contribution >= 4 is 5.91 Å². The Morgan fingerprint density at radius 3 is 2.67 bits per heavy atom. The van der Waals surface area contributed by atoms with Crippen LogP contribution in [0.15, 0.2) is 42.2 Å². The van der Waals surface area contributed by atoms with Crippen LogP contribution in [0.4, 0.5) is 0 Å². The van der Waals surface area contributed by atoms with Gasteiger partial charge in [-0.15, -0.1) is 0 Å². The number of hydrogen-bond acceptors (Lipinski definition) is 4. The normalized spacial score (nSPS) is 24.7. The molecule has 0 radical (unpaired) electrons. The second kappa shape index (κ2) is 12.1. The zero-order chi connectivity index (χ0) is 21.2. The molecule has 1 aromatic rings. The first-order valence-electron chi connectivity index (χ1n) is 11.7. The maximum absolute atomic E-state index is 12.9. The minimum atomic E-state index is -0.423. The molecular formula is C25H37NO4. The van der Waals surface area contributed by atoms with Crippen molar-refractivity contribution in [2.75, 3.05) is 19.8 Å². The van der Waals surface area contributed by atoms with E-state index in [0.717, 1.165) is 19.3 Å². The number of carbonyl (C=O) groups excluding carboxylic acids is 1. The summed E-state index contributed by atoms with van der Waals surface area (Å²) in [5.74, 6) is 1.24. The second-order valence-electron chi connectivity index (χ2n) is 8.47. The van der Waals surface area contributed by atoms with Gasteiger partial charge in [-0.05, 0) is 62.5 Å². The first-order chi connectivity index (χ1) is 14.7. The Labute approximate surface area is 180 Å². The lowest BCUT2D eigenvalue weighted by molar-refractivity contribution is -0.176. The van der Waals surface area contributed by atoms with Crippen LogP contribution in [-0.2, 0) is 20.7 Å². The molecule has 166 valence electrons. The van der Waals surface area contributed by atoms with Crippen molar-refractivity contribution in [2.24, 2.45) is 17.8 Å². The first kappa shape index (κ1) is 22.8. The Hall–Kier alpha value is -1.85. The molecule has 0 bridgehead atoms. The lowest BCUT2D eigenvalue weighted by atomic mass is 9.71. The van der Waals surface area contributed by atoms with Crippen molar-refractivity contribution in [1.82, 2.24) is 5.32 Å². The van der Waals surface area contributed by atoms with Gasteiger partial charge in [0.1, 0.15) is 0 Å². The molecule has 0 unspecified atom stereocenters. The van der Waals surface area contributed by atoms with Gasteiger partial charge in [-0.25, -0.2) is 0 Å². The number of aliphatic hydroxyl groups excluding tert-OH is 1. The van der Waals surface area contributed by atoms with Crippen LogP contribution in [-0.4, -0.2) is 37.1 Å². The first-order valence-corrected chi connectivity index (χ1v) is 11.7. The summed E-state index contributed by atoms with van der Waals surface area (Å²) in [5.41, 5.74) is 1.20. The van der Waals surface area contributed by atoms with Crippen molar-refractivity contribution in [3.8, 4) is 0 Å². The standard InChI is InChI=1S/C25H37NO4/c1-2-29-25-21(14-9-17-27)22(20-12-7-4-8-13-20)18-23(30-25)24(28)26-16-15-19-10-5-3-6-11-19/h3,5-6,10-11,18,20-22,25,27H,2,4,7-9,12-17H2,1H3,(H,26,28)/t21-,22-,25-/m0/s1. The van der Waals surface area contributed by atoms with E-state index in [1.54, 1.807) is 0 Å². The Kier molecular flexibility index (Phi) is 9.22. The van der Waals surface area contributed by atoms with Gasteiger partial charge in [0.25, 0.3) is 5.91 Å². The van der Waals surface area contributed by atoms with E-state index in [-0.39, 0.29) is 24.3 Å². The monoisotopic (exact) mass is 415 g/mol. The summed E-state index contributed by atoms with van der Waals surface area (Å²) < 4.78 is 12.0. The number of hydrogen-bond donors (Lipinski definition) is 2. The van der Waals surface area contributed by atoms with Crippen molar-refractivity contribution in [2.45, 2.75) is 64.6 Å². The molecule has 1 heterocycles. The molecule has 1 fully saturated rings. The molecule has 5 nitrogen and oxygen atoms in total. The van der Waals surface area contributed by atoms with Crippen molar-refractivity contribution in [3.63, 3.8) is 0 Å². The fourth-order valence-corrected chi connectivity index (χ4v) is 4.90. The molecule has 0 aromatic heterocycles. The van der Waals surface area contributed by atoms with E-state index in [1.165, 1.54) is 37.7 Å². The molecular weight excluding hydrogens is 378 g/mol. The summed E-state index contributed by atoms with van der Waals surface area (Å²) in [5, 5.41) is 12.4. The average molecular weight is 416 g/mol. The average Bonchev–Trinajstić information content (AvgIpc) is 2.79. The number of benzene rings is 1. The highest BCUT2D eigenvalue weighted by Gasteiger charge is 2.40. The molecule has 1 amide bonds. The van der Waals surface area contributed by atoms with Crippen LogP contribution in [0.2, 0.25) is 0 Å². The van der Waals surface area contributed by atoms with Crippen LogP contribution >= 0.6 is 0 Å². The zero-order valence-corrected chi connectivity index (χ0v) is 18.2. The number of carbonyl (C=O) groups is 1. The summed E-state index contributed by atoms with van der Waals surface area (Å²) >= 11 is 0. The number of amides is 1. The van der Waals surface area contributed by atoms with E-state index >= 15 is 0 Å². The Morgan fingerprint density at radius 1 is 1.20 bits per heavy atom. The fourth-order valence-electron chi connectivity index (χ4n) is 4.90. The molecule has 2 N–H and O–H groups in total. The summed E-state index contributed by atoms with van der Waals surface area (Å²) in [7, 11) is 0. The predicted octanol–water partition coefficient (Wildman–Crippen LogP) is 4.21. The van der Waals surface area contributed by atoms with Gasteiger partial charge in [0.15, 0.2) is 5.76 Å². The van der Waals surface area contributed by atoms with Crippen LogP contribution < -0.4 is 5.32 Å². The molecule has 2 aliphatic rings. The fraction of sp³-hybridized carbons (Fsp3) is 0.640. The van der Waals surface area contributed by atoms with Gasteiger partial charge >= 0.3 is 0 Å². The van der Waals surface area contributed by atoms with Crippen molar-refractivity contribution < 1.29 is 19.4 Å². The maximum atomic E-state index is 12.9. The van der Waals surface area contributed by atoms with Crippen LogP contribution in [0.25, 0.3) is 0 Å². The van der Waals surface area contributed by atoms with Gasteiger partial charge in [0, 0.05) is 25.7 Å². The minimum absolute atomic E-state index is 0.156. The zero-order valence-electron chi connectivity index (χ0n) is 18.2. The Balaban J connectivity index is 1.70. The van der Waals surface area contributed by atoms with Gasteiger partial charge < -0.3 is 19.9 Å². The smallest absolute Gasteiger partial charge is 0.286 e. The van der Waals surface area contributed by atoms with Gasteiger partial charge in [-0.2, -0.15) is 0 Å². The van der Waals surface area contributed by atoms with Crippen molar-refractivity contribution in [3.05, 3.63) is 47.7 Å². The lowest BCUT2D eigenvalue weighted by Crippen LogP contribution is -2.42. The van der Waals surface area contributed by atoms with Crippen LogP contribution in [0.1, 0.15) is 57.4 Å². The van der Waals surface area contributed by atoms with Crippen LogP contribution in [0, 0.1) is 17.8 Å². The Morgan fingerprint density at radius 2 is 1.97 bits per heavy atom. The molecule has 30 heavy (non-hydrogen) atoms. The number of allylic oxidation sites excluding steroid dienone is 1. The molecule has 5 heteroatoms. The maximum Gasteiger partial charge on any atom is 0.286 e. The quantitative estimate of drug-likeness (QED) is 0.601. The number of ether oxygens (including phenoxy) is 2. The molecule has 1 aromatic carbocycles. The molecule has 0 spiro atoms. The van der Waals surface area contributed by atoms with Crippen LogP contribution in [0.3, 0.4) is 0 Å². The largest absolute Gasteiger partial charge is 0.459 e. The third-order valence-corrected chi connectivity index (χ3v) is 6.42. The summed E-state index contributed by atoms with van der Waals surface area (Å²) in [6, 6.07) is 10.2. The summed E-state index contributed by atoms with van der Waals surface area (Å²) in [4.78, 5) is 12.9. The van der Waals surface area contributed by atoms with Gasteiger partial charge in [-0.3, -0.25) is 4.79 Å². The highest BCUT2D eigenvalue weighted by atomic mass is 16.7. The summed E-state index contributed by atoms with van der Waals surface area (Å²) in [6.45, 7) is 3.24. The number of aliphatic hydroxyl groups is 1. The van der Waals surface area contributed by atoms with E-state index in [0.29, 0.717) is 24.8 Å². The van der Waals surface area contributed by atoms with E-state index in [1.807, 2.05) is 25.1 Å². The van der Waals surface area contributed by atoms with Gasteiger partial charge in [0.2, 0.25) is 6.29 Å². The summed E-state index contributed by atoms with van der Waals surface area (Å²) in [6.07, 6.45) is 10.2. The molecule has 3 rings (SSSR count).